The monoisotopic (exact) mass is 422 g/mol. The Morgan fingerprint density at radius 3 is 2.78 bits per heavy atom. The van der Waals surface area contributed by atoms with E-state index in [1.54, 1.807) is 6.21 Å². The van der Waals surface area contributed by atoms with Crippen LogP contribution in [-0.2, 0) is 6.54 Å². The molecule has 0 saturated carbocycles. The number of hydrogen-bond donors (Lipinski definition) is 2. The number of nitrogens with zero attached hydrogens (tertiary/aromatic N) is 3. The Hall–Kier alpha value is -4.37. The van der Waals surface area contributed by atoms with Crippen LogP contribution in [0.25, 0.3) is 10.9 Å². The van der Waals surface area contributed by atoms with E-state index in [0.717, 1.165) is 23.0 Å². The van der Waals surface area contributed by atoms with Gasteiger partial charge in [-0.3, -0.25) is 4.79 Å². The molecule has 1 heterocycles. The van der Waals surface area contributed by atoms with Gasteiger partial charge >= 0.3 is 0 Å². The Labute approximate surface area is 186 Å². The van der Waals surface area contributed by atoms with Crippen molar-refractivity contribution in [2.75, 3.05) is 0 Å². The number of benzene rings is 3. The van der Waals surface area contributed by atoms with E-state index in [2.05, 4.69) is 59.4 Å². The molecule has 4 rings (SSSR count). The average Bonchev–Trinajstić information content (AvgIpc) is 3.21. The number of nitrogens with one attached hydrogen (secondary N) is 1. The molecule has 0 aliphatic heterocycles. The second-order valence-electron chi connectivity index (χ2n) is 7.63. The fourth-order valence-corrected chi connectivity index (χ4v) is 3.66. The summed E-state index contributed by atoms with van der Waals surface area (Å²) in [5.41, 5.74) is 8.57. The predicted octanol–water partition coefficient (Wildman–Crippen LogP) is 4.65. The smallest absolute Gasteiger partial charge is 0.271 e. The van der Waals surface area contributed by atoms with Crippen LogP contribution < -0.4 is 5.43 Å². The van der Waals surface area contributed by atoms with Gasteiger partial charge in [-0.15, -0.1) is 0 Å². The molecule has 4 aromatic rings. The third kappa shape index (κ3) is 4.09. The van der Waals surface area contributed by atoms with E-state index in [1.807, 2.05) is 24.3 Å². The van der Waals surface area contributed by atoms with Gasteiger partial charge in [0, 0.05) is 34.8 Å². The lowest BCUT2D eigenvalue weighted by molar-refractivity contribution is 0.0955. The molecule has 0 fully saturated rings. The largest absolute Gasteiger partial charge is 0.507 e. The molecular formula is C26H22N4O2. The molecule has 158 valence electrons. The van der Waals surface area contributed by atoms with Crippen molar-refractivity contribution in [2.24, 2.45) is 5.10 Å². The summed E-state index contributed by atoms with van der Waals surface area (Å²) in [7, 11) is 0. The maximum atomic E-state index is 12.3. The van der Waals surface area contributed by atoms with E-state index in [9.17, 15) is 9.90 Å². The Balaban J connectivity index is 1.54. The van der Waals surface area contributed by atoms with Crippen molar-refractivity contribution in [1.29, 1.82) is 5.26 Å². The molecule has 1 aromatic heterocycles. The molecule has 0 spiro atoms. The second-order valence-corrected chi connectivity index (χ2v) is 7.63. The first-order valence-corrected chi connectivity index (χ1v) is 10.2. The fourth-order valence-electron chi connectivity index (χ4n) is 3.66. The number of hydrazone groups is 1. The summed E-state index contributed by atoms with van der Waals surface area (Å²) in [6.45, 7) is 5.04. The van der Waals surface area contributed by atoms with Gasteiger partial charge in [-0.1, -0.05) is 30.3 Å². The Morgan fingerprint density at radius 1 is 1.16 bits per heavy atom. The van der Waals surface area contributed by atoms with Crippen LogP contribution in [0.2, 0.25) is 0 Å². The maximum absolute atomic E-state index is 12.3. The summed E-state index contributed by atoms with van der Waals surface area (Å²) in [5, 5.41) is 23.7. The molecule has 6 nitrogen and oxygen atoms in total. The van der Waals surface area contributed by atoms with Gasteiger partial charge in [0.05, 0.1) is 11.8 Å². The third-order valence-electron chi connectivity index (χ3n) is 5.65. The van der Waals surface area contributed by atoms with Crippen molar-refractivity contribution < 1.29 is 9.90 Å². The molecule has 3 aromatic carbocycles. The zero-order valence-corrected chi connectivity index (χ0v) is 17.8. The Bertz CT molecular complexity index is 1390. The number of rotatable bonds is 5. The average molecular weight is 422 g/mol. The number of carbonyl (C=O) groups is 1. The Morgan fingerprint density at radius 2 is 1.97 bits per heavy atom. The quantitative estimate of drug-likeness (QED) is 0.362. The first-order chi connectivity index (χ1) is 15.5. The van der Waals surface area contributed by atoms with Crippen LogP contribution in [0.5, 0.6) is 5.75 Å². The number of hydrogen-bond acceptors (Lipinski definition) is 4. The van der Waals surface area contributed by atoms with Crippen molar-refractivity contribution in [2.45, 2.75) is 20.4 Å². The minimum atomic E-state index is -0.461. The highest BCUT2D eigenvalue weighted by Crippen LogP contribution is 2.22. The highest BCUT2D eigenvalue weighted by Gasteiger charge is 2.09. The van der Waals surface area contributed by atoms with Crippen molar-refractivity contribution in [3.63, 3.8) is 0 Å². The first-order valence-electron chi connectivity index (χ1n) is 10.2. The van der Waals surface area contributed by atoms with E-state index in [0.29, 0.717) is 0 Å². The molecule has 1 amide bonds. The highest BCUT2D eigenvalue weighted by atomic mass is 16.3. The lowest BCUT2D eigenvalue weighted by atomic mass is 10.0. The summed E-state index contributed by atoms with van der Waals surface area (Å²) in [5.74, 6) is -0.623. The number of aromatic hydroxyl groups is 1. The highest BCUT2D eigenvalue weighted by molar-refractivity contribution is 6.00. The molecule has 0 radical (unpaired) electrons. The normalized spacial score (nSPS) is 11.0. The van der Waals surface area contributed by atoms with E-state index < -0.39 is 5.91 Å². The van der Waals surface area contributed by atoms with Crippen molar-refractivity contribution in [1.82, 2.24) is 9.99 Å². The summed E-state index contributed by atoms with van der Waals surface area (Å²) in [6.07, 6.45) is 3.66. The molecule has 0 bridgehead atoms. The number of fused-ring (bicyclic) bond motifs is 1. The zero-order chi connectivity index (χ0) is 22.7. The standard InChI is InChI=1S/C26H22N4O2/c1-17-5-3-7-21(18(17)2)16-30-12-11-23-20(6-4-8-24(23)30)15-28-29-26(32)19-9-10-25(31)22(13-19)14-27/h3-13,15,31H,16H2,1-2H3,(H,29,32)/b28-15+. The van der Waals surface area contributed by atoms with Crippen molar-refractivity contribution in [3.8, 4) is 11.8 Å². The summed E-state index contributed by atoms with van der Waals surface area (Å²) in [4.78, 5) is 12.3. The molecule has 0 saturated heterocycles. The third-order valence-corrected chi connectivity index (χ3v) is 5.65. The Kier molecular flexibility index (Phi) is 5.73. The molecule has 0 unspecified atom stereocenters. The van der Waals surface area contributed by atoms with Crippen molar-refractivity contribution >= 4 is 23.0 Å². The van der Waals surface area contributed by atoms with E-state index >= 15 is 0 Å². The zero-order valence-electron chi connectivity index (χ0n) is 17.8. The van der Waals surface area contributed by atoms with Crippen LogP contribution in [0.1, 0.15) is 38.2 Å². The first kappa shape index (κ1) is 20.9. The SMILES string of the molecule is Cc1cccc(Cn2ccc3c(/C=N/NC(=O)c4ccc(O)c(C#N)c4)cccc32)c1C. The van der Waals surface area contributed by atoms with Crippen LogP contribution in [-0.4, -0.2) is 21.8 Å². The van der Waals surface area contributed by atoms with Crippen LogP contribution >= 0.6 is 0 Å². The number of carbonyl (C=O) groups excluding carboxylic acids is 1. The van der Waals surface area contributed by atoms with Gasteiger partial charge in [0.2, 0.25) is 0 Å². The predicted molar refractivity (Wildman–Crippen MR) is 125 cm³/mol. The van der Waals surface area contributed by atoms with Crippen LogP contribution in [0.4, 0.5) is 0 Å². The summed E-state index contributed by atoms with van der Waals surface area (Å²) < 4.78 is 2.20. The number of amides is 1. The number of phenols is 1. The minimum absolute atomic E-state index is 0.0385. The van der Waals surface area contributed by atoms with Gasteiger partial charge < -0.3 is 9.67 Å². The van der Waals surface area contributed by atoms with Gasteiger partial charge in [-0.2, -0.15) is 10.4 Å². The number of aromatic nitrogens is 1. The number of aryl methyl sites for hydroxylation is 1. The molecule has 2 N–H and O–H groups in total. The lowest BCUT2D eigenvalue weighted by Gasteiger charge is -2.11. The minimum Gasteiger partial charge on any atom is -0.507 e. The van der Waals surface area contributed by atoms with Gasteiger partial charge in [0.1, 0.15) is 11.8 Å². The van der Waals surface area contributed by atoms with Crippen LogP contribution in [0.15, 0.2) is 72.0 Å². The van der Waals surface area contributed by atoms with E-state index in [-0.39, 0.29) is 16.9 Å². The molecule has 0 aliphatic carbocycles. The molecule has 0 aliphatic rings. The molecule has 6 heteroatoms. The molecular weight excluding hydrogens is 400 g/mol. The topological polar surface area (TPSA) is 90.4 Å². The van der Waals surface area contributed by atoms with Gasteiger partial charge in [-0.25, -0.2) is 5.43 Å². The van der Waals surface area contributed by atoms with Crippen LogP contribution in [0, 0.1) is 25.2 Å². The molecule has 0 atom stereocenters. The van der Waals surface area contributed by atoms with E-state index in [1.165, 1.54) is 34.9 Å². The fraction of sp³-hybridized carbons (Fsp3) is 0.115. The van der Waals surface area contributed by atoms with Gasteiger partial charge in [0.25, 0.3) is 5.91 Å². The molecule has 32 heavy (non-hydrogen) atoms. The van der Waals surface area contributed by atoms with Crippen molar-refractivity contribution in [3.05, 3.63) is 100 Å². The van der Waals surface area contributed by atoms with Gasteiger partial charge in [-0.05, 0) is 60.9 Å². The van der Waals surface area contributed by atoms with Gasteiger partial charge in [0.15, 0.2) is 0 Å². The van der Waals surface area contributed by atoms with Crippen LogP contribution in [0.3, 0.4) is 0 Å². The summed E-state index contributed by atoms with van der Waals surface area (Å²) in [6, 6.07) is 20.3. The maximum Gasteiger partial charge on any atom is 0.271 e. The lowest BCUT2D eigenvalue weighted by Crippen LogP contribution is -2.17. The van der Waals surface area contributed by atoms with E-state index in [4.69, 9.17) is 5.26 Å². The number of phenolic OH excluding ortho intramolecular Hbond substituents is 1. The summed E-state index contributed by atoms with van der Waals surface area (Å²) >= 11 is 0. The second kappa shape index (κ2) is 8.78. The number of nitriles is 1.